The van der Waals surface area contributed by atoms with Gasteiger partial charge in [0.05, 0.1) is 5.41 Å². The first-order valence-corrected chi connectivity index (χ1v) is 5.99. The SMILES string of the molecule is CC1(CCN=[N+]=[N-])C(=O)Nc2cc(Br)ccc21. The summed E-state index contributed by atoms with van der Waals surface area (Å²) in [5.41, 5.74) is 9.45. The van der Waals surface area contributed by atoms with Crippen LogP contribution in [0.1, 0.15) is 18.9 Å². The second kappa shape index (κ2) is 4.39. The second-order valence-electron chi connectivity index (χ2n) is 4.18. The number of carbonyl (C=O) groups excluding carboxylic acids is 1. The van der Waals surface area contributed by atoms with Crippen molar-refractivity contribution in [2.24, 2.45) is 5.11 Å². The van der Waals surface area contributed by atoms with E-state index in [1.165, 1.54) is 0 Å². The first kappa shape index (κ1) is 12.0. The molecule has 1 amide bonds. The first-order valence-electron chi connectivity index (χ1n) is 5.20. The quantitative estimate of drug-likeness (QED) is 0.518. The van der Waals surface area contributed by atoms with Crippen LogP contribution in [-0.4, -0.2) is 12.5 Å². The molecule has 0 aliphatic carbocycles. The van der Waals surface area contributed by atoms with Gasteiger partial charge in [0.1, 0.15) is 0 Å². The lowest BCUT2D eigenvalue weighted by atomic mass is 9.81. The number of benzene rings is 1. The lowest BCUT2D eigenvalue weighted by molar-refractivity contribution is -0.120. The third kappa shape index (κ3) is 2.01. The number of amides is 1. The van der Waals surface area contributed by atoms with E-state index in [9.17, 15) is 4.79 Å². The average molecular weight is 295 g/mol. The van der Waals surface area contributed by atoms with Crippen LogP contribution in [0.4, 0.5) is 5.69 Å². The first-order chi connectivity index (χ1) is 8.08. The molecule has 6 heteroatoms. The molecular formula is C11H11BrN4O. The number of hydrogen-bond acceptors (Lipinski definition) is 2. The molecule has 1 aliphatic heterocycles. The van der Waals surface area contributed by atoms with Gasteiger partial charge >= 0.3 is 0 Å². The molecule has 17 heavy (non-hydrogen) atoms. The van der Waals surface area contributed by atoms with Crippen molar-refractivity contribution in [1.29, 1.82) is 0 Å². The molecule has 5 nitrogen and oxygen atoms in total. The van der Waals surface area contributed by atoms with Crippen molar-refractivity contribution in [1.82, 2.24) is 0 Å². The number of anilines is 1. The Morgan fingerprint density at radius 2 is 2.35 bits per heavy atom. The number of fused-ring (bicyclic) bond motifs is 1. The highest BCUT2D eigenvalue weighted by molar-refractivity contribution is 9.10. The zero-order valence-electron chi connectivity index (χ0n) is 9.27. The highest BCUT2D eigenvalue weighted by atomic mass is 79.9. The van der Waals surface area contributed by atoms with Crippen LogP contribution in [0.15, 0.2) is 27.8 Å². The molecule has 0 fully saturated rings. The minimum atomic E-state index is -0.607. The van der Waals surface area contributed by atoms with Crippen molar-refractivity contribution < 1.29 is 4.79 Å². The summed E-state index contributed by atoms with van der Waals surface area (Å²) < 4.78 is 0.927. The summed E-state index contributed by atoms with van der Waals surface area (Å²) >= 11 is 3.37. The van der Waals surface area contributed by atoms with Gasteiger partial charge in [-0.05, 0) is 36.6 Å². The van der Waals surface area contributed by atoms with E-state index in [1.807, 2.05) is 25.1 Å². The van der Waals surface area contributed by atoms with Crippen LogP contribution in [0.3, 0.4) is 0 Å². The zero-order valence-corrected chi connectivity index (χ0v) is 10.9. The van der Waals surface area contributed by atoms with Gasteiger partial charge in [0.25, 0.3) is 0 Å². The average Bonchev–Trinajstić information content (AvgIpc) is 2.51. The van der Waals surface area contributed by atoms with Gasteiger partial charge in [0.15, 0.2) is 0 Å². The zero-order chi connectivity index (χ0) is 12.5. The van der Waals surface area contributed by atoms with Gasteiger partial charge in [-0.15, -0.1) is 0 Å². The molecule has 0 saturated carbocycles. The van der Waals surface area contributed by atoms with Crippen molar-refractivity contribution in [2.75, 3.05) is 11.9 Å². The molecule has 0 aromatic heterocycles. The molecule has 0 spiro atoms. The van der Waals surface area contributed by atoms with Gasteiger partial charge in [-0.1, -0.05) is 27.1 Å². The number of rotatable bonds is 3. The Bertz CT molecular complexity index is 524. The standard InChI is InChI=1S/C11H11BrN4O/c1-11(4-5-14-16-13)8-3-2-7(12)6-9(8)15-10(11)17/h2-3,6H,4-5H2,1H3,(H,15,17). The van der Waals surface area contributed by atoms with Crippen LogP contribution >= 0.6 is 15.9 Å². The summed E-state index contributed by atoms with van der Waals surface area (Å²) in [5, 5.41) is 6.35. The summed E-state index contributed by atoms with van der Waals surface area (Å²) in [7, 11) is 0. The Morgan fingerprint density at radius 1 is 1.59 bits per heavy atom. The summed E-state index contributed by atoms with van der Waals surface area (Å²) in [6.45, 7) is 2.19. The maximum Gasteiger partial charge on any atom is 0.234 e. The van der Waals surface area contributed by atoms with E-state index in [4.69, 9.17) is 5.53 Å². The fraction of sp³-hybridized carbons (Fsp3) is 0.364. The highest BCUT2D eigenvalue weighted by Gasteiger charge is 2.41. The van der Waals surface area contributed by atoms with E-state index >= 15 is 0 Å². The number of nitrogens with one attached hydrogen (secondary N) is 1. The van der Waals surface area contributed by atoms with E-state index in [-0.39, 0.29) is 5.91 Å². The fourth-order valence-corrected chi connectivity index (χ4v) is 2.41. The molecule has 0 bridgehead atoms. The molecule has 0 radical (unpaired) electrons. The summed E-state index contributed by atoms with van der Waals surface area (Å²) in [4.78, 5) is 14.7. The lowest BCUT2D eigenvalue weighted by Gasteiger charge is -2.20. The minimum Gasteiger partial charge on any atom is -0.325 e. The molecule has 1 aliphatic rings. The molecule has 88 valence electrons. The van der Waals surface area contributed by atoms with Crippen molar-refractivity contribution >= 4 is 27.5 Å². The number of halogens is 1. The largest absolute Gasteiger partial charge is 0.325 e. The number of hydrogen-bond donors (Lipinski definition) is 1. The van der Waals surface area contributed by atoms with E-state index in [2.05, 4.69) is 31.3 Å². The molecule has 0 saturated heterocycles. The van der Waals surface area contributed by atoms with E-state index in [0.29, 0.717) is 13.0 Å². The van der Waals surface area contributed by atoms with Crippen LogP contribution in [0.25, 0.3) is 10.4 Å². The lowest BCUT2D eigenvalue weighted by Crippen LogP contribution is -2.31. The molecule has 1 aromatic rings. The fourth-order valence-electron chi connectivity index (χ4n) is 2.05. The van der Waals surface area contributed by atoms with Crippen molar-refractivity contribution in [2.45, 2.75) is 18.8 Å². The topological polar surface area (TPSA) is 77.9 Å². The number of nitrogens with zero attached hydrogens (tertiary/aromatic N) is 3. The predicted octanol–water partition coefficient (Wildman–Crippen LogP) is 3.36. The van der Waals surface area contributed by atoms with Gasteiger partial charge in [-0.2, -0.15) is 0 Å². The maximum atomic E-state index is 12.0. The minimum absolute atomic E-state index is 0.0428. The molecule has 1 heterocycles. The van der Waals surface area contributed by atoms with Crippen LogP contribution in [0, 0.1) is 0 Å². The Hall–Kier alpha value is -1.52. The molecule has 1 atom stereocenters. The summed E-state index contributed by atoms with van der Waals surface area (Å²) in [6.07, 6.45) is 0.511. The van der Waals surface area contributed by atoms with Gasteiger partial charge in [-0.25, -0.2) is 0 Å². The van der Waals surface area contributed by atoms with E-state index in [1.54, 1.807) is 0 Å². The van der Waals surface area contributed by atoms with Crippen LogP contribution in [0.5, 0.6) is 0 Å². The van der Waals surface area contributed by atoms with Crippen LogP contribution < -0.4 is 5.32 Å². The monoisotopic (exact) mass is 294 g/mol. The van der Waals surface area contributed by atoms with E-state index in [0.717, 1.165) is 15.7 Å². The summed E-state index contributed by atoms with van der Waals surface area (Å²) in [6, 6.07) is 5.71. The smallest absolute Gasteiger partial charge is 0.234 e. The maximum absolute atomic E-state index is 12.0. The van der Waals surface area contributed by atoms with E-state index < -0.39 is 5.41 Å². The van der Waals surface area contributed by atoms with Crippen LogP contribution in [0.2, 0.25) is 0 Å². The van der Waals surface area contributed by atoms with Gasteiger partial charge in [0, 0.05) is 21.6 Å². The molecule has 1 unspecified atom stereocenters. The van der Waals surface area contributed by atoms with Gasteiger partial charge < -0.3 is 5.32 Å². The van der Waals surface area contributed by atoms with Crippen molar-refractivity contribution in [3.63, 3.8) is 0 Å². The summed E-state index contributed by atoms with van der Waals surface area (Å²) in [5.74, 6) is -0.0428. The molecule has 1 aromatic carbocycles. The van der Waals surface area contributed by atoms with Crippen molar-refractivity contribution in [3.05, 3.63) is 38.7 Å². The number of carbonyl (C=O) groups is 1. The second-order valence-corrected chi connectivity index (χ2v) is 5.10. The predicted molar refractivity (Wildman–Crippen MR) is 68.8 cm³/mol. The molecular weight excluding hydrogens is 284 g/mol. The van der Waals surface area contributed by atoms with Gasteiger partial charge in [0.2, 0.25) is 5.91 Å². The Morgan fingerprint density at radius 3 is 3.06 bits per heavy atom. The Labute approximate surface area is 107 Å². The molecule has 2 rings (SSSR count). The third-order valence-corrected chi connectivity index (χ3v) is 3.59. The third-order valence-electron chi connectivity index (χ3n) is 3.10. The number of azide groups is 1. The van der Waals surface area contributed by atoms with Crippen LogP contribution in [-0.2, 0) is 10.2 Å². The Kier molecular flexibility index (Phi) is 3.09. The molecule has 1 N–H and O–H groups in total. The Balaban J connectivity index is 2.36. The van der Waals surface area contributed by atoms with Crippen molar-refractivity contribution in [3.8, 4) is 0 Å². The highest BCUT2D eigenvalue weighted by Crippen LogP contribution is 2.41. The van der Waals surface area contributed by atoms with Gasteiger partial charge in [-0.3, -0.25) is 4.79 Å². The normalized spacial score (nSPS) is 21.6.